The summed E-state index contributed by atoms with van der Waals surface area (Å²) in [5, 5.41) is 3.03. The average Bonchev–Trinajstić information content (AvgIpc) is 3.12. The van der Waals surface area contributed by atoms with Crippen molar-refractivity contribution in [3.8, 4) is 11.5 Å². The van der Waals surface area contributed by atoms with Crippen molar-refractivity contribution in [1.82, 2.24) is 4.90 Å². The third-order valence-electron chi connectivity index (χ3n) is 4.34. The highest BCUT2D eigenvalue weighted by molar-refractivity contribution is 8.13. The Morgan fingerprint density at radius 1 is 1.14 bits per heavy atom. The van der Waals surface area contributed by atoms with Gasteiger partial charge >= 0.3 is 0 Å². The molecule has 0 aromatic heterocycles. The molecular formula is C20H20N2O4S2. The van der Waals surface area contributed by atoms with Gasteiger partial charge in [0.1, 0.15) is 13.2 Å². The number of anilines is 1. The summed E-state index contributed by atoms with van der Waals surface area (Å²) in [5.41, 5.74) is 0.685. The molecule has 2 aliphatic heterocycles. The van der Waals surface area contributed by atoms with Crippen LogP contribution in [0.1, 0.15) is 6.42 Å². The van der Waals surface area contributed by atoms with E-state index in [0.717, 1.165) is 15.5 Å². The molecule has 0 atom stereocenters. The fraction of sp³-hybridized carbons (Fsp3) is 0.300. The smallest absolute Gasteiger partial charge is 0.281 e. The summed E-state index contributed by atoms with van der Waals surface area (Å²) in [6, 6.07) is 13.7. The zero-order valence-corrected chi connectivity index (χ0v) is 16.8. The highest BCUT2D eigenvalue weighted by atomic mass is 32.2. The molecule has 0 unspecified atom stereocenters. The van der Waals surface area contributed by atoms with Gasteiger partial charge in [-0.25, -0.2) is 0 Å². The Labute approximate surface area is 172 Å². The first-order chi connectivity index (χ1) is 13.7. The molecule has 2 aliphatic rings. The summed E-state index contributed by atoms with van der Waals surface area (Å²) in [6.45, 7) is 2.13. The van der Waals surface area contributed by atoms with Crippen LogP contribution in [0.3, 0.4) is 0 Å². The zero-order chi connectivity index (χ0) is 19.3. The van der Waals surface area contributed by atoms with E-state index in [4.69, 9.17) is 9.47 Å². The van der Waals surface area contributed by atoms with Crippen LogP contribution in [0.25, 0.3) is 0 Å². The highest BCUT2D eigenvalue weighted by Gasteiger charge is 2.22. The van der Waals surface area contributed by atoms with Gasteiger partial charge in [0, 0.05) is 47.2 Å². The molecular weight excluding hydrogens is 396 g/mol. The molecule has 0 saturated carbocycles. The van der Waals surface area contributed by atoms with Gasteiger partial charge in [-0.05, 0) is 12.1 Å². The Bertz CT molecular complexity index is 876. The standard InChI is InChI=1S/C20H20N2O4S2/c23-19(6-7-22-8-11-27-20(22)24)21-15-12-16-17(26-10-9-25-16)13-18(15)28-14-4-2-1-3-5-14/h1-5,12-13H,6-11H2,(H,21,23). The number of nitrogens with zero attached hydrogens (tertiary/aromatic N) is 1. The maximum Gasteiger partial charge on any atom is 0.281 e. The summed E-state index contributed by atoms with van der Waals surface area (Å²) in [4.78, 5) is 27.9. The number of carbonyl (C=O) groups excluding carboxylic acids is 2. The Balaban J connectivity index is 1.50. The lowest BCUT2D eigenvalue weighted by Gasteiger charge is -2.21. The van der Waals surface area contributed by atoms with E-state index in [1.807, 2.05) is 42.5 Å². The van der Waals surface area contributed by atoms with Crippen molar-refractivity contribution in [2.45, 2.75) is 16.2 Å². The number of amides is 2. The van der Waals surface area contributed by atoms with Crippen molar-refractivity contribution in [3.63, 3.8) is 0 Å². The Morgan fingerprint density at radius 2 is 1.89 bits per heavy atom. The van der Waals surface area contributed by atoms with Crippen molar-refractivity contribution < 1.29 is 19.1 Å². The van der Waals surface area contributed by atoms with E-state index in [0.29, 0.717) is 43.5 Å². The van der Waals surface area contributed by atoms with E-state index in [1.165, 1.54) is 11.8 Å². The van der Waals surface area contributed by atoms with Crippen LogP contribution < -0.4 is 14.8 Å². The van der Waals surface area contributed by atoms with E-state index in [1.54, 1.807) is 16.7 Å². The summed E-state index contributed by atoms with van der Waals surface area (Å²) >= 11 is 2.86. The second-order valence-electron chi connectivity index (χ2n) is 6.31. The number of fused-ring (bicyclic) bond motifs is 1. The van der Waals surface area contributed by atoms with Crippen molar-refractivity contribution in [1.29, 1.82) is 0 Å². The quantitative estimate of drug-likeness (QED) is 0.765. The minimum atomic E-state index is -0.128. The van der Waals surface area contributed by atoms with Crippen molar-refractivity contribution in [3.05, 3.63) is 42.5 Å². The zero-order valence-electron chi connectivity index (χ0n) is 15.2. The monoisotopic (exact) mass is 416 g/mol. The van der Waals surface area contributed by atoms with Gasteiger partial charge in [0.15, 0.2) is 11.5 Å². The summed E-state index contributed by atoms with van der Waals surface area (Å²) in [5.74, 6) is 1.98. The molecule has 0 bridgehead atoms. The lowest BCUT2D eigenvalue weighted by atomic mass is 10.2. The average molecular weight is 417 g/mol. The molecule has 2 aromatic rings. The first kappa shape index (κ1) is 19.0. The molecule has 146 valence electrons. The van der Waals surface area contributed by atoms with Gasteiger partial charge in [-0.3, -0.25) is 9.59 Å². The van der Waals surface area contributed by atoms with Crippen LogP contribution in [-0.2, 0) is 4.79 Å². The first-order valence-electron chi connectivity index (χ1n) is 9.07. The number of nitrogens with one attached hydrogen (secondary N) is 1. The van der Waals surface area contributed by atoms with Gasteiger partial charge in [-0.2, -0.15) is 0 Å². The highest BCUT2D eigenvalue weighted by Crippen LogP contribution is 2.42. The van der Waals surface area contributed by atoms with E-state index in [-0.39, 0.29) is 17.6 Å². The van der Waals surface area contributed by atoms with Gasteiger partial charge in [0.05, 0.1) is 5.69 Å². The Kier molecular flexibility index (Phi) is 5.97. The van der Waals surface area contributed by atoms with Crippen LogP contribution in [-0.4, -0.2) is 48.1 Å². The molecule has 4 rings (SSSR count). The van der Waals surface area contributed by atoms with E-state index in [9.17, 15) is 9.59 Å². The molecule has 0 aliphatic carbocycles. The SMILES string of the molecule is O=C(CCN1CCSC1=O)Nc1cc2c(cc1Sc1ccccc1)OCCO2. The number of thioether (sulfide) groups is 1. The molecule has 1 fully saturated rings. The van der Waals surface area contributed by atoms with Crippen molar-refractivity contribution in [2.24, 2.45) is 0 Å². The number of benzene rings is 2. The van der Waals surface area contributed by atoms with Crippen LogP contribution in [0.2, 0.25) is 0 Å². The van der Waals surface area contributed by atoms with E-state index < -0.39 is 0 Å². The lowest BCUT2D eigenvalue weighted by Crippen LogP contribution is -2.27. The van der Waals surface area contributed by atoms with Gasteiger partial charge < -0.3 is 19.7 Å². The third kappa shape index (κ3) is 4.56. The van der Waals surface area contributed by atoms with E-state index >= 15 is 0 Å². The molecule has 1 N–H and O–H groups in total. The molecule has 2 amide bonds. The number of hydrogen-bond donors (Lipinski definition) is 1. The molecule has 28 heavy (non-hydrogen) atoms. The molecule has 1 saturated heterocycles. The Hall–Kier alpha value is -2.32. The van der Waals surface area contributed by atoms with Crippen LogP contribution in [0.4, 0.5) is 10.5 Å². The van der Waals surface area contributed by atoms with Gasteiger partial charge in [0.25, 0.3) is 5.24 Å². The number of hydrogen-bond acceptors (Lipinski definition) is 6. The molecule has 0 radical (unpaired) electrons. The van der Waals surface area contributed by atoms with Gasteiger partial charge in [-0.15, -0.1) is 0 Å². The molecule has 0 spiro atoms. The topological polar surface area (TPSA) is 67.9 Å². The maximum absolute atomic E-state index is 12.5. The predicted molar refractivity (Wildman–Crippen MR) is 111 cm³/mol. The number of rotatable bonds is 6. The molecule has 8 heteroatoms. The largest absolute Gasteiger partial charge is 0.486 e. The summed E-state index contributed by atoms with van der Waals surface area (Å²) in [6.07, 6.45) is 0.260. The summed E-state index contributed by atoms with van der Waals surface area (Å²) < 4.78 is 11.4. The van der Waals surface area contributed by atoms with Gasteiger partial charge in [0.2, 0.25) is 5.91 Å². The minimum absolute atomic E-state index is 0.0486. The predicted octanol–water partition coefficient (Wildman–Crippen LogP) is 4.11. The second-order valence-corrected chi connectivity index (χ2v) is 8.47. The van der Waals surface area contributed by atoms with E-state index in [2.05, 4.69) is 5.32 Å². The minimum Gasteiger partial charge on any atom is -0.486 e. The first-order valence-corrected chi connectivity index (χ1v) is 10.9. The number of ether oxygens (including phenoxy) is 2. The molecule has 2 heterocycles. The fourth-order valence-electron chi connectivity index (χ4n) is 2.95. The van der Waals surface area contributed by atoms with Crippen molar-refractivity contribution in [2.75, 3.05) is 37.4 Å². The maximum atomic E-state index is 12.5. The Morgan fingerprint density at radius 3 is 2.61 bits per heavy atom. The normalized spacial score (nSPS) is 15.6. The van der Waals surface area contributed by atoms with Crippen molar-refractivity contribution >= 4 is 40.4 Å². The van der Waals surface area contributed by atoms with Crippen LogP contribution in [0.15, 0.2) is 52.3 Å². The fourth-order valence-corrected chi connectivity index (χ4v) is 4.73. The van der Waals surface area contributed by atoms with Crippen LogP contribution >= 0.6 is 23.5 Å². The lowest BCUT2D eigenvalue weighted by molar-refractivity contribution is -0.116. The van der Waals surface area contributed by atoms with Gasteiger partial charge in [-0.1, -0.05) is 41.7 Å². The molecule has 2 aromatic carbocycles. The number of carbonyl (C=O) groups is 2. The van der Waals surface area contributed by atoms with Crippen LogP contribution in [0, 0.1) is 0 Å². The van der Waals surface area contributed by atoms with Crippen LogP contribution in [0.5, 0.6) is 11.5 Å². The third-order valence-corrected chi connectivity index (χ3v) is 6.30. The second kappa shape index (κ2) is 8.79. The summed E-state index contributed by atoms with van der Waals surface area (Å²) in [7, 11) is 0. The molecule has 6 nitrogen and oxygen atoms in total.